The molecule has 5 rings (SSSR count). The van der Waals surface area contributed by atoms with Gasteiger partial charge in [-0.05, 0) is 30.3 Å². The molecule has 8 heteroatoms. The minimum atomic E-state index is -0.624. The molecule has 2 N–H and O–H groups in total. The molecule has 0 saturated carbocycles. The molecule has 1 amide bonds. The molecule has 0 aliphatic rings. The van der Waals surface area contributed by atoms with Crippen molar-refractivity contribution in [3.05, 3.63) is 111 Å². The van der Waals surface area contributed by atoms with Gasteiger partial charge in [-0.15, -0.1) is 4.68 Å². The van der Waals surface area contributed by atoms with Gasteiger partial charge in [0, 0.05) is 28.4 Å². The third-order valence-corrected chi connectivity index (χ3v) is 5.29. The van der Waals surface area contributed by atoms with E-state index in [-0.39, 0.29) is 12.5 Å². The van der Waals surface area contributed by atoms with E-state index in [0.717, 1.165) is 21.3 Å². The summed E-state index contributed by atoms with van der Waals surface area (Å²) in [4.78, 5) is 40.4. The Morgan fingerprint density at radius 1 is 0.909 bits per heavy atom. The first-order valence-corrected chi connectivity index (χ1v) is 10.3. The van der Waals surface area contributed by atoms with Crippen molar-refractivity contribution in [1.82, 2.24) is 14.2 Å². The lowest BCUT2D eigenvalue weighted by atomic mass is 10.2. The summed E-state index contributed by atoms with van der Waals surface area (Å²) in [5.41, 5.74) is 1.56. The van der Waals surface area contributed by atoms with Crippen LogP contribution >= 0.6 is 0 Å². The first kappa shape index (κ1) is 20.2. The van der Waals surface area contributed by atoms with Gasteiger partial charge in [-0.25, -0.2) is 4.79 Å². The number of fused-ring (bicyclic) bond motifs is 2. The molecule has 3 aromatic carbocycles. The first-order chi connectivity index (χ1) is 16.1. The number of carbonyl (C=O) groups excluding carboxylic acids is 1. The van der Waals surface area contributed by atoms with Gasteiger partial charge in [-0.1, -0.05) is 48.5 Å². The van der Waals surface area contributed by atoms with Gasteiger partial charge in [0.1, 0.15) is 6.54 Å². The Labute approximate surface area is 187 Å². The van der Waals surface area contributed by atoms with E-state index in [1.807, 2.05) is 59.2 Å². The topological polar surface area (TPSA) is 101 Å². The van der Waals surface area contributed by atoms with Crippen molar-refractivity contribution < 1.29 is 4.79 Å². The van der Waals surface area contributed by atoms with Crippen molar-refractivity contribution in [2.45, 2.75) is 6.54 Å². The number of H-pyrrole nitrogens is 1. The fourth-order valence-electron chi connectivity index (χ4n) is 3.76. The van der Waals surface area contributed by atoms with Crippen LogP contribution in [-0.2, 0) is 11.3 Å². The minimum absolute atomic E-state index is 0.0970. The maximum Gasteiger partial charge on any atom is 0.349 e. The van der Waals surface area contributed by atoms with Crippen LogP contribution in [0.1, 0.15) is 5.56 Å². The summed E-state index contributed by atoms with van der Waals surface area (Å²) < 4.78 is 2.61. The number of aromatic amines is 1. The highest BCUT2D eigenvalue weighted by Gasteiger charge is 2.11. The van der Waals surface area contributed by atoms with Crippen LogP contribution in [0.15, 0.2) is 99.8 Å². The standard InChI is InChI=1S/C25H19N5O3/c31-23(27-18-8-2-1-3-9-18)16-29-15-17(19-10-5-7-13-22(19)29)14-26-30-24(32)20-11-4-6-12-21(20)28-25(30)33/h1-15H,16H2,(H,27,31)(H,28,33). The largest absolute Gasteiger partial charge is 0.349 e. The molecule has 5 aromatic rings. The molecule has 0 spiro atoms. The second-order valence-corrected chi connectivity index (χ2v) is 7.48. The molecule has 33 heavy (non-hydrogen) atoms. The molecule has 2 heterocycles. The molecule has 8 nitrogen and oxygen atoms in total. The van der Waals surface area contributed by atoms with E-state index in [4.69, 9.17) is 0 Å². The monoisotopic (exact) mass is 437 g/mol. The smallest absolute Gasteiger partial charge is 0.337 e. The van der Waals surface area contributed by atoms with Crippen LogP contribution in [0.5, 0.6) is 0 Å². The van der Waals surface area contributed by atoms with E-state index >= 15 is 0 Å². The number of nitrogens with zero attached hydrogens (tertiary/aromatic N) is 3. The van der Waals surface area contributed by atoms with E-state index < -0.39 is 11.2 Å². The highest BCUT2D eigenvalue weighted by atomic mass is 16.2. The van der Waals surface area contributed by atoms with Gasteiger partial charge < -0.3 is 14.9 Å². The number of amides is 1. The molecule has 2 aromatic heterocycles. The number of anilines is 1. The summed E-state index contributed by atoms with van der Waals surface area (Å²) in [7, 11) is 0. The van der Waals surface area contributed by atoms with Crippen molar-refractivity contribution >= 4 is 39.6 Å². The lowest BCUT2D eigenvalue weighted by molar-refractivity contribution is -0.116. The summed E-state index contributed by atoms with van der Waals surface area (Å²) in [6.45, 7) is 0.0970. The summed E-state index contributed by atoms with van der Waals surface area (Å²) in [5, 5.41) is 8.24. The van der Waals surface area contributed by atoms with Crippen molar-refractivity contribution in [1.29, 1.82) is 0 Å². The highest BCUT2D eigenvalue weighted by molar-refractivity contribution is 6.00. The van der Waals surface area contributed by atoms with Gasteiger partial charge in [-0.3, -0.25) is 9.59 Å². The molecule has 162 valence electrons. The average molecular weight is 437 g/mol. The second-order valence-electron chi connectivity index (χ2n) is 7.48. The lowest BCUT2D eigenvalue weighted by Gasteiger charge is -2.07. The number of aromatic nitrogens is 3. The van der Waals surface area contributed by atoms with E-state index in [2.05, 4.69) is 15.4 Å². The zero-order valence-corrected chi connectivity index (χ0v) is 17.4. The first-order valence-electron chi connectivity index (χ1n) is 10.3. The maximum atomic E-state index is 12.7. The third kappa shape index (κ3) is 3.97. The normalized spacial score (nSPS) is 11.4. The van der Waals surface area contributed by atoms with Gasteiger partial charge in [0.2, 0.25) is 5.91 Å². The third-order valence-electron chi connectivity index (χ3n) is 5.29. The van der Waals surface area contributed by atoms with Crippen LogP contribution < -0.4 is 16.6 Å². The zero-order chi connectivity index (χ0) is 22.8. The van der Waals surface area contributed by atoms with Crippen LogP contribution in [0.2, 0.25) is 0 Å². The molecule has 0 unspecified atom stereocenters. The Morgan fingerprint density at radius 3 is 2.42 bits per heavy atom. The number of nitrogens with one attached hydrogen (secondary N) is 2. The van der Waals surface area contributed by atoms with E-state index in [1.54, 1.807) is 30.5 Å². The average Bonchev–Trinajstić information content (AvgIpc) is 3.17. The molecule has 0 fully saturated rings. The molecule has 0 bridgehead atoms. The number of rotatable bonds is 5. The number of hydrogen-bond acceptors (Lipinski definition) is 4. The number of benzene rings is 3. The molecular formula is C25H19N5O3. The van der Waals surface area contributed by atoms with E-state index in [9.17, 15) is 14.4 Å². The molecular weight excluding hydrogens is 418 g/mol. The highest BCUT2D eigenvalue weighted by Crippen LogP contribution is 2.20. The van der Waals surface area contributed by atoms with Crippen molar-refractivity contribution in [2.75, 3.05) is 5.32 Å². The van der Waals surface area contributed by atoms with Crippen LogP contribution in [0.4, 0.5) is 5.69 Å². The quantitative estimate of drug-likeness (QED) is 0.413. The predicted molar refractivity (Wildman–Crippen MR) is 129 cm³/mol. The van der Waals surface area contributed by atoms with Gasteiger partial charge >= 0.3 is 5.69 Å². The molecule has 0 atom stereocenters. The summed E-state index contributed by atoms with van der Waals surface area (Å²) in [6.07, 6.45) is 3.23. The zero-order valence-electron chi connectivity index (χ0n) is 17.4. The number of para-hydroxylation sites is 3. The SMILES string of the molecule is O=C(Cn1cc(C=Nn2c(=O)[nH]c3ccccc3c2=O)c2ccccc21)Nc1ccccc1. The maximum absolute atomic E-state index is 12.7. The Hall–Kier alpha value is -4.72. The van der Waals surface area contributed by atoms with Crippen LogP contribution in [0.25, 0.3) is 21.8 Å². The summed E-state index contributed by atoms with van der Waals surface area (Å²) >= 11 is 0. The number of hydrogen-bond donors (Lipinski definition) is 2. The molecule has 0 aliphatic carbocycles. The summed E-state index contributed by atoms with van der Waals surface area (Å²) in [6, 6.07) is 23.6. The fourth-order valence-corrected chi connectivity index (χ4v) is 3.76. The fraction of sp³-hybridized carbons (Fsp3) is 0.0400. The van der Waals surface area contributed by atoms with Crippen molar-refractivity contribution in [3.8, 4) is 0 Å². The van der Waals surface area contributed by atoms with E-state index in [1.165, 1.54) is 6.21 Å². The van der Waals surface area contributed by atoms with Gasteiger partial charge in [-0.2, -0.15) is 5.10 Å². The minimum Gasteiger partial charge on any atom is -0.337 e. The number of carbonyl (C=O) groups is 1. The lowest BCUT2D eigenvalue weighted by Crippen LogP contribution is -2.32. The van der Waals surface area contributed by atoms with Crippen LogP contribution in [0, 0.1) is 0 Å². The van der Waals surface area contributed by atoms with Gasteiger partial charge in [0.15, 0.2) is 0 Å². The molecule has 0 saturated heterocycles. The van der Waals surface area contributed by atoms with Crippen LogP contribution in [0.3, 0.4) is 0 Å². The van der Waals surface area contributed by atoms with Crippen molar-refractivity contribution in [2.24, 2.45) is 5.10 Å². The van der Waals surface area contributed by atoms with Crippen LogP contribution in [-0.4, -0.2) is 26.3 Å². The molecule has 0 radical (unpaired) electrons. The second kappa shape index (κ2) is 8.43. The Balaban J connectivity index is 1.49. The predicted octanol–water partition coefficient (Wildman–Crippen LogP) is 3.17. The Morgan fingerprint density at radius 2 is 1.61 bits per heavy atom. The van der Waals surface area contributed by atoms with Gasteiger partial charge in [0.25, 0.3) is 5.56 Å². The Kier molecular flexibility index (Phi) is 5.16. The molecule has 0 aliphatic heterocycles. The summed E-state index contributed by atoms with van der Waals surface area (Å²) in [5.74, 6) is -0.173. The van der Waals surface area contributed by atoms with E-state index in [0.29, 0.717) is 16.5 Å². The van der Waals surface area contributed by atoms with Gasteiger partial charge in [0.05, 0.1) is 17.1 Å². The Bertz CT molecular complexity index is 1630. The van der Waals surface area contributed by atoms with Crippen molar-refractivity contribution in [3.63, 3.8) is 0 Å².